The van der Waals surface area contributed by atoms with Crippen molar-refractivity contribution in [2.75, 3.05) is 26.3 Å². The van der Waals surface area contributed by atoms with Crippen molar-refractivity contribution in [2.24, 2.45) is 23.7 Å². The molecule has 5 aliphatic rings. The fraction of sp³-hybridized carbons (Fsp3) is 0.517. The molecule has 190 valence electrons. The van der Waals surface area contributed by atoms with Crippen molar-refractivity contribution in [3.8, 4) is 0 Å². The van der Waals surface area contributed by atoms with Gasteiger partial charge >= 0.3 is 0 Å². The summed E-state index contributed by atoms with van der Waals surface area (Å²) in [7, 11) is 0. The van der Waals surface area contributed by atoms with Crippen LogP contribution in [0.2, 0.25) is 0 Å². The van der Waals surface area contributed by atoms with Gasteiger partial charge in [-0.05, 0) is 48.6 Å². The van der Waals surface area contributed by atoms with Gasteiger partial charge < -0.3 is 4.74 Å². The van der Waals surface area contributed by atoms with E-state index in [1.807, 2.05) is 30.3 Å². The average Bonchev–Trinajstić information content (AvgIpc) is 3.63. The minimum atomic E-state index is 0. The van der Waals surface area contributed by atoms with E-state index in [1.165, 1.54) is 42.8 Å². The molecule has 0 spiro atoms. The summed E-state index contributed by atoms with van der Waals surface area (Å²) < 4.78 is 4.94. The van der Waals surface area contributed by atoms with Gasteiger partial charge in [0.25, 0.3) is 0 Å². The number of ether oxygens (including phenoxy) is 1. The summed E-state index contributed by atoms with van der Waals surface area (Å²) in [4.78, 5) is 27.3. The van der Waals surface area contributed by atoms with Crippen LogP contribution in [0.4, 0.5) is 0 Å². The van der Waals surface area contributed by atoms with Gasteiger partial charge in [-0.3, -0.25) is 19.4 Å². The Bertz CT molecular complexity index is 913. The number of rotatable bonds is 4. The van der Waals surface area contributed by atoms with E-state index in [1.54, 1.807) is 0 Å². The van der Waals surface area contributed by atoms with E-state index in [4.69, 9.17) is 4.74 Å². The van der Waals surface area contributed by atoms with Gasteiger partial charge in [0, 0.05) is 32.8 Å². The van der Waals surface area contributed by atoms with Gasteiger partial charge in [0.1, 0.15) is 0 Å². The Hall–Kier alpha value is -2.21. The number of halogens is 1. The molecule has 3 saturated heterocycles. The normalized spacial score (nSPS) is 27.3. The van der Waals surface area contributed by atoms with Crippen molar-refractivity contribution in [1.29, 1.82) is 0 Å². The van der Waals surface area contributed by atoms with Crippen LogP contribution in [-0.2, 0) is 27.4 Å². The van der Waals surface area contributed by atoms with Gasteiger partial charge in [-0.15, -0.1) is 12.4 Å². The number of benzene rings is 2. The van der Waals surface area contributed by atoms with Gasteiger partial charge in [-0.2, -0.15) is 0 Å². The SMILES string of the molecule is C.C1CCOC1.Cl.O=C1C2CC2C(=O)N1Cc1ccccc1.c1ccc(CN2CC3CC3C2)cc1. The molecule has 7 rings (SSSR count). The summed E-state index contributed by atoms with van der Waals surface area (Å²) >= 11 is 0. The number of hydrogen-bond acceptors (Lipinski definition) is 4. The van der Waals surface area contributed by atoms with E-state index in [0.717, 1.165) is 43.6 Å². The van der Waals surface area contributed by atoms with E-state index >= 15 is 0 Å². The summed E-state index contributed by atoms with van der Waals surface area (Å²) in [5.74, 6) is 2.19. The molecule has 4 atom stereocenters. The van der Waals surface area contributed by atoms with Crippen LogP contribution in [0.3, 0.4) is 0 Å². The largest absolute Gasteiger partial charge is 0.381 e. The van der Waals surface area contributed by atoms with Crippen LogP contribution in [0.1, 0.15) is 44.2 Å². The number of carbonyl (C=O) groups is 2. The summed E-state index contributed by atoms with van der Waals surface area (Å²) in [5.41, 5.74) is 2.48. The lowest BCUT2D eigenvalue weighted by Gasteiger charge is -2.16. The summed E-state index contributed by atoms with van der Waals surface area (Å²) in [5, 5.41) is 0. The molecule has 2 aromatic rings. The van der Waals surface area contributed by atoms with Crippen LogP contribution in [0.25, 0.3) is 0 Å². The lowest BCUT2D eigenvalue weighted by Crippen LogP contribution is -2.32. The highest BCUT2D eigenvalue weighted by Gasteiger charge is 2.58. The van der Waals surface area contributed by atoms with Crippen molar-refractivity contribution in [1.82, 2.24) is 9.80 Å². The van der Waals surface area contributed by atoms with E-state index in [0.29, 0.717) is 6.54 Å². The third-order valence-electron chi connectivity index (χ3n) is 7.27. The van der Waals surface area contributed by atoms with Crippen LogP contribution in [-0.4, -0.2) is 47.9 Å². The molecule has 2 amide bonds. The predicted octanol–water partition coefficient (Wildman–Crippen LogP) is 5.18. The molecule has 3 heterocycles. The number of fused-ring (bicyclic) bond motifs is 2. The molecular weight excluding hydrogens is 460 g/mol. The molecule has 0 bridgehead atoms. The van der Waals surface area contributed by atoms with Crippen LogP contribution < -0.4 is 0 Å². The first-order valence-electron chi connectivity index (χ1n) is 12.4. The number of hydrogen-bond donors (Lipinski definition) is 0. The molecule has 0 N–H and O–H groups in total. The Morgan fingerprint density at radius 2 is 1.20 bits per heavy atom. The zero-order valence-electron chi connectivity index (χ0n) is 19.7. The fourth-order valence-electron chi connectivity index (χ4n) is 5.15. The molecule has 0 radical (unpaired) electrons. The highest BCUT2D eigenvalue weighted by molar-refractivity contribution is 6.08. The van der Waals surface area contributed by atoms with Gasteiger partial charge in [0.05, 0.1) is 18.4 Å². The van der Waals surface area contributed by atoms with Gasteiger partial charge in [-0.25, -0.2) is 0 Å². The van der Waals surface area contributed by atoms with Gasteiger partial charge in [0.2, 0.25) is 11.8 Å². The fourth-order valence-corrected chi connectivity index (χ4v) is 5.15. The highest BCUT2D eigenvalue weighted by Crippen LogP contribution is 2.47. The van der Waals surface area contributed by atoms with Gasteiger partial charge in [0.15, 0.2) is 0 Å². The molecule has 2 aromatic carbocycles. The molecule has 5 fully saturated rings. The molecule has 2 aliphatic carbocycles. The van der Waals surface area contributed by atoms with E-state index < -0.39 is 0 Å². The lowest BCUT2D eigenvalue weighted by molar-refractivity contribution is -0.142. The Morgan fingerprint density at radius 1 is 0.714 bits per heavy atom. The molecule has 0 aromatic heterocycles. The van der Waals surface area contributed by atoms with Crippen molar-refractivity contribution in [2.45, 2.75) is 46.2 Å². The second kappa shape index (κ2) is 12.7. The quantitative estimate of drug-likeness (QED) is 0.545. The molecule has 4 unspecified atom stereocenters. The van der Waals surface area contributed by atoms with E-state index in [-0.39, 0.29) is 43.5 Å². The maximum absolute atomic E-state index is 11.7. The van der Waals surface area contributed by atoms with E-state index in [2.05, 4.69) is 35.2 Å². The Balaban J connectivity index is 0.000000157. The zero-order valence-corrected chi connectivity index (χ0v) is 20.5. The summed E-state index contributed by atoms with van der Waals surface area (Å²) in [6.07, 6.45) is 4.84. The molecular formula is C29H39ClN2O3. The number of likely N-dealkylation sites (tertiary alicyclic amines) is 2. The maximum Gasteiger partial charge on any atom is 0.233 e. The second-order valence-electron chi connectivity index (χ2n) is 9.95. The lowest BCUT2D eigenvalue weighted by atomic mass is 10.2. The second-order valence-corrected chi connectivity index (χ2v) is 9.95. The standard InChI is InChI=1S/C12H11NO2.C12H15N.C4H8O.CH4.ClH/c14-11-9-6-10(9)12(15)13(11)7-8-4-2-1-3-5-8;1-2-4-10(5-3-1)7-13-8-11-6-12(11)9-13;1-2-4-5-3-1;;/h1-5,9-10H,6-7H2;1-5,11-12H,6-9H2;1-4H2;1H4;1H. The predicted molar refractivity (Wildman–Crippen MR) is 141 cm³/mol. The minimum Gasteiger partial charge on any atom is -0.381 e. The number of amides is 2. The summed E-state index contributed by atoms with van der Waals surface area (Å²) in [6, 6.07) is 20.4. The van der Waals surface area contributed by atoms with Crippen LogP contribution >= 0.6 is 12.4 Å². The third-order valence-corrected chi connectivity index (χ3v) is 7.27. The minimum absolute atomic E-state index is 0. The Labute approximate surface area is 216 Å². The number of nitrogens with zero attached hydrogens (tertiary/aromatic N) is 2. The van der Waals surface area contributed by atoms with Gasteiger partial charge in [-0.1, -0.05) is 68.1 Å². The van der Waals surface area contributed by atoms with Crippen molar-refractivity contribution < 1.29 is 14.3 Å². The number of piperidine rings is 2. The first-order valence-corrected chi connectivity index (χ1v) is 12.4. The maximum atomic E-state index is 11.7. The van der Waals surface area contributed by atoms with Crippen LogP contribution in [0.15, 0.2) is 60.7 Å². The Morgan fingerprint density at radius 3 is 1.66 bits per heavy atom. The third kappa shape index (κ3) is 7.16. The molecule has 2 saturated carbocycles. The molecule has 35 heavy (non-hydrogen) atoms. The first kappa shape index (κ1) is 27.4. The van der Waals surface area contributed by atoms with Crippen LogP contribution in [0, 0.1) is 23.7 Å². The monoisotopic (exact) mass is 498 g/mol. The molecule has 3 aliphatic heterocycles. The topological polar surface area (TPSA) is 49.9 Å². The zero-order chi connectivity index (χ0) is 22.6. The average molecular weight is 499 g/mol. The molecule has 6 heteroatoms. The van der Waals surface area contributed by atoms with Crippen molar-refractivity contribution >= 4 is 24.2 Å². The summed E-state index contributed by atoms with van der Waals surface area (Å²) in [6.45, 7) is 6.29. The first-order chi connectivity index (χ1) is 16.2. The smallest absolute Gasteiger partial charge is 0.233 e. The molecule has 5 nitrogen and oxygen atoms in total. The Kier molecular flexibility index (Phi) is 9.90. The van der Waals surface area contributed by atoms with E-state index in [9.17, 15) is 9.59 Å². The number of imide groups is 1. The number of carbonyl (C=O) groups excluding carboxylic acids is 2. The van der Waals surface area contributed by atoms with Crippen molar-refractivity contribution in [3.05, 3.63) is 71.8 Å². The van der Waals surface area contributed by atoms with Crippen molar-refractivity contribution in [3.63, 3.8) is 0 Å². The van der Waals surface area contributed by atoms with Crippen LogP contribution in [0.5, 0.6) is 0 Å². The highest BCUT2D eigenvalue weighted by atomic mass is 35.5.